The number of aromatic nitrogens is 2. The predicted octanol–water partition coefficient (Wildman–Crippen LogP) is 2.20. The van der Waals surface area contributed by atoms with Crippen molar-refractivity contribution >= 4 is 0 Å². The quantitative estimate of drug-likeness (QED) is 0.617. The SMILES string of the molecule is CCOc1cc2n(c(=O)n1)CCc1cc(C#CCOCCF)ccc1-2. The number of benzene rings is 1. The maximum Gasteiger partial charge on any atom is 0.351 e. The molecule has 130 valence electrons. The highest BCUT2D eigenvalue weighted by Gasteiger charge is 2.19. The van der Waals surface area contributed by atoms with E-state index in [0.29, 0.717) is 19.0 Å². The van der Waals surface area contributed by atoms with E-state index < -0.39 is 6.67 Å². The zero-order chi connectivity index (χ0) is 17.6. The first-order valence-electron chi connectivity index (χ1n) is 8.23. The van der Waals surface area contributed by atoms with Gasteiger partial charge < -0.3 is 9.47 Å². The highest BCUT2D eigenvalue weighted by Crippen LogP contribution is 2.30. The Balaban J connectivity index is 1.89. The van der Waals surface area contributed by atoms with Crippen LogP contribution < -0.4 is 10.4 Å². The Labute approximate surface area is 145 Å². The molecule has 1 aromatic carbocycles. The third kappa shape index (κ3) is 3.89. The van der Waals surface area contributed by atoms with Crippen LogP contribution in [-0.4, -0.2) is 36.0 Å². The van der Waals surface area contributed by atoms with Gasteiger partial charge in [-0.25, -0.2) is 9.18 Å². The van der Waals surface area contributed by atoms with Crippen molar-refractivity contribution in [2.24, 2.45) is 0 Å². The maximum atomic E-state index is 12.2. The fourth-order valence-electron chi connectivity index (χ4n) is 2.82. The van der Waals surface area contributed by atoms with Crippen molar-refractivity contribution in [3.63, 3.8) is 0 Å². The Morgan fingerprint density at radius 1 is 1.36 bits per heavy atom. The van der Waals surface area contributed by atoms with Gasteiger partial charge >= 0.3 is 5.69 Å². The number of fused-ring (bicyclic) bond motifs is 3. The number of rotatable bonds is 5. The number of hydrogen-bond donors (Lipinski definition) is 0. The normalized spacial score (nSPS) is 11.9. The highest BCUT2D eigenvalue weighted by molar-refractivity contribution is 5.67. The number of ether oxygens (including phenoxy) is 2. The van der Waals surface area contributed by atoms with Crippen LogP contribution >= 0.6 is 0 Å². The van der Waals surface area contributed by atoms with Crippen LogP contribution in [0.4, 0.5) is 4.39 Å². The Hall–Kier alpha value is -2.65. The van der Waals surface area contributed by atoms with Crippen LogP contribution in [0.15, 0.2) is 29.1 Å². The molecule has 0 spiro atoms. The van der Waals surface area contributed by atoms with Crippen molar-refractivity contribution in [2.45, 2.75) is 19.9 Å². The molecular formula is C19H19FN2O3. The zero-order valence-corrected chi connectivity index (χ0v) is 14.0. The van der Waals surface area contributed by atoms with E-state index in [-0.39, 0.29) is 18.9 Å². The summed E-state index contributed by atoms with van der Waals surface area (Å²) in [5.41, 5.74) is 3.52. The molecule has 5 nitrogen and oxygen atoms in total. The van der Waals surface area contributed by atoms with Crippen LogP contribution in [-0.2, 0) is 17.7 Å². The van der Waals surface area contributed by atoms with Gasteiger partial charge in [0.05, 0.1) is 18.9 Å². The Morgan fingerprint density at radius 2 is 2.24 bits per heavy atom. The minimum absolute atomic E-state index is 0.0700. The van der Waals surface area contributed by atoms with Crippen molar-refractivity contribution in [3.05, 3.63) is 45.9 Å². The van der Waals surface area contributed by atoms with E-state index in [0.717, 1.165) is 28.8 Å². The fourth-order valence-corrected chi connectivity index (χ4v) is 2.82. The molecule has 0 N–H and O–H groups in total. The summed E-state index contributed by atoms with van der Waals surface area (Å²) in [5.74, 6) is 6.24. The molecule has 0 saturated heterocycles. The molecule has 0 aliphatic carbocycles. The number of aryl methyl sites for hydroxylation is 1. The molecule has 1 aromatic heterocycles. The molecule has 0 atom stereocenters. The summed E-state index contributed by atoms with van der Waals surface area (Å²) >= 11 is 0. The molecule has 2 heterocycles. The van der Waals surface area contributed by atoms with Gasteiger partial charge in [-0.3, -0.25) is 4.57 Å². The summed E-state index contributed by atoms with van der Waals surface area (Å²) in [7, 11) is 0. The van der Waals surface area contributed by atoms with Gasteiger partial charge in [-0.05, 0) is 31.0 Å². The smallest absolute Gasteiger partial charge is 0.351 e. The van der Waals surface area contributed by atoms with Crippen molar-refractivity contribution in [1.29, 1.82) is 0 Å². The number of halogens is 1. The lowest BCUT2D eigenvalue weighted by Gasteiger charge is -2.21. The van der Waals surface area contributed by atoms with Gasteiger partial charge in [0.1, 0.15) is 13.3 Å². The van der Waals surface area contributed by atoms with Gasteiger partial charge in [0.2, 0.25) is 5.88 Å². The van der Waals surface area contributed by atoms with E-state index in [2.05, 4.69) is 16.8 Å². The van der Waals surface area contributed by atoms with Crippen LogP contribution in [0.5, 0.6) is 5.88 Å². The van der Waals surface area contributed by atoms with Gasteiger partial charge in [0.25, 0.3) is 0 Å². The van der Waals surface area contributed by atoms with Crippen LogP contribution in [0.2, 0.25) is 0 Å². The van der Waals surface area contributed by atoms with Crippen molar-refractivity contribution in [1.82, 2.24) is 9.55 Å². The Kier molecular flexibility index (Phi) is 5.46. The molecule has 0 saturated carbocycles. The highest BCUT2D eigenvalue weighted by atomic mass is 19.1. The van der Waals surface area contributed by atoms with E-state index in [1.54, 1.807) is 10.6 Å². The third-order valence-corrected chi connectivity index (χ3v) is 3.89. The molecule has 1 aliphatic heterocycles. The molecule has 0 radical (unpaired) electrons. The van der Waals surface area contributed by atoms with Crippen LogP contribution in [0.1, 0.15) is 18.1 Å². The fraction of sp³-hybridized carbons (Fsp3) is 0.368. The van der Waals surface area contributed by atoms with E-state index in [1.807, 2.05) is 25.1 Å². The van der Waals surface area contributed by atoms with Crippen molar-refractivity contribution in [2.75, 3.05) is 26.5 Å². The van der Waals surface area contributed by atoms with Crippen molar-refractivity contribution in [3.8, 4) is 29.0 Å². The van der Waals surface area contributed by atoms with Gasteiger partial charge in [0.15, 0.2) is 0 Å². The van der Waals surface area contributed by atoms with Crippen molar-refractivity contribution < 1.29 is 13.9 Å². The lowest BCUT2D eigenvalue weighted by Crippen LogP contribution is -2.28. The Morgan fingerprint density at radius 3 is 3.04 bits per heavy atom. The molecule has 0 unspecified atom stereocenters. The predicted molar refractivity (Wildman–Crippen MR) is 92.5 cm³/mol. The van der Waals surface area contributed by atoms with Gasteiger partial charge in [-0.2, -0.15) is 4.98 Å². The van der Waals surface area contributed by atoms with E-state index in [9.17, 15) is 9.18 Å². The number of nitrogens with zero attached hydrogens (tertiary/aromatic N) is 2. The topological polar surface area (TPSA) is 53.4 Å². The zero-order valence-electron chi connectivity index (χ0n) is 14.0. The first kappa shape index (κ1) is 17.2. The lowest BCUT2D eigenvalue weighted by atomic mass is 9.95. The van der Waals surface area contributed by atoms with E-state index >= 15 is 0 Å². The van der Waals surface area contributed by atoms with Crippen LogP contribution in [0.3, 0.4) is 0 Å². The first-order chi connectivity index (χ1) is 12.2. The summed E-state index contributed by atoms with van der Waals surface area (Å²) in [4.78, 5) is 16.1. The third-order valence-electron chi connectivity index (χ3n) is 3.89. The summed E-state index contributed by atoms with van der Waals surface area (Å²) in [6.45, 7) is 2.68. The Bertz CT molecular complexity index is 880. The minimum atomic E-state index is -0.502. The van der Waals surface area contributed by atoms with Gasteiger partial charge in [-0.15, -0.1) is 0 Å². The van der Waals surface area contributed by atoms with E-state index in [4.69, 9.17) is 9.47 Å². The molecule has 3 rings (SSSR count). The summed E-state index contributed by atoms with van der Waals surface area (Å²) in [6.07, 6.45) is 0.742. The number of hydrogen-bond acceptors (Lipinski definition) is 4. The number of alkyl halides is 1. The largest absolute Gasteiger partial charge is 0.478 e. The van der Waals surface area contributed by atoms with E-state index in [1.165, 1.54) is 0 Å². The summed E-state index contributed by atoms with van der Waals surface area (Å²) < 4.78 is 24.0. The molecule has 0 bridgehead atoms. The molecule has 1 aliphatic rings. The summed E-state index contributed by atoms with van der Waals surface area (Å²) in [6, 6.07) is 7.69. The second-order valence-corrected chi connectivity index (χ2v) is 5.51. The van der Waals surface area contributed by atoms with Gasteiger partial charge in [-0.1, -0.05) is 17.9 Å². The molecule has 6 heteroatoms. The molecule has 0 amide bonds. The lowest BCUT2D eigenvalue weighted by molar-refractivity contribution is 0.148. The maximum absolute atomic E-state index is 12.2. The molecule has 25 heavy (non-hydrogen) atoms. The first-order valence-corrected chi connectivity index (χ1v) is 8.23. The van der Waals surface area contributed by atoms with Gasteiger partial charge in [0, 0.05) is 23.7 Å². The average Bonchev–Trinajstić information content (AvgIpc) is 2.61. The molecule has 2 aromatic rings. The molecular weight excluding hydrogens is 323 g/mol. The van der Waals surface area contributed by atoms with Crippen LogP contribution in [0, 0.1) is 11.8 Å². The minimum Gasteiger partial charge on any atom is -0.478 e. The average molecular weight is 342 g/mol. The second kappa shape index (κ2) is 7.95. The standard InChI is InChI=1S/C19H19FN2O3/c1-2-25-18-13-17-16-6-5-14(4-3-10-24-11-8-20)12-15(16)7-9-22(17)19(23)21-18/h5-6,12-13H,2,7-11H2,1H3. The monoisotopic (exact) mass is 342 g/mol. The molecule has 0 fully saturated rings. The summed E-state index contributed by atoms with van der Waals surface area (Å²) in [5, 5.41) is 0. The second-order valence-electron chi connectivity index (χ2n) is 5.51. The van der Waals surface area contributed by atoms with Crippen LogP contribution in [0.25, 0.3) is 11.3 Å².